The molecule has 0 radical (unpaired) electrons. The molecule has 2 amide bonds. The van der Waals surface area contributed by atoms with Crippen molar-refractivity contribution in [3.8, 4) is 0 Å². The SMILES string of the molecule is CC(NC(=O)c1cc(C(=O)NC(Cc2ccccc2)C(=O)CN)cc(N(C)S(C)(=O)=O)c1)c1ccc(F)cc1. The van der Waals surface area contributed by atoms with Gasteiger partial charge >= 0.3 is 0 Å². The van der Waals surface area contributed by atoms with Crippen LogP contribution < -0.4 is 20.7 Å². The highest BCUT2D eigenvalue weighted by atomic mass is 32.2. The Morgan fingerprint density at radius 3 is 2.03 bits per heavy atom. The Morgan fingerprint density at radius 2 is 1.49 bits per heavy atom. The van der Waals surface area contributed by atoms with E-state index in [1.807, 2.05) is 30.3 Å². The van der Waals surface area contributed by atoms with E-state index in [1.54, 1.807) is 6.92 Å². The lowest BCUT2D eigenvalue weighted by Crippen LogP contribution is -2.45. The van der Waals surface area contributed by atoms with Gasteiger partial charge in [0.1, 0.15) is 5.82 Å². The number of nitrogens with two attached hydrogens (primary N) is 1. The van der Waals surface area contributed by atoms with Crippen LogP contribution in [0.5, 0.6) is 0 Å². The Hall–Kier alpha value is -4.09. The fourth-order valence-corrected chi connectivity index (χ4v) is 4.33. The maximum absolute atomic E-state index is 13.3. The molecule has 2 atom stereocenters. The number of ketones is 1. The number of hydrogen-bond acceptors (Lipinski definition) is 6. The third-order valence-electron chi connectivity index (χ3n) is 6.20. The lowest BCUT2D eigenvalue weighted by Gasteiger charge is -2.21. The first kappa shape index (κ1) is 29.5. The third kappa shape index (κ3) is 7.95. The van der Waals surface area contributed by atoms with Crippen molar-refractivity contribution >= 4 is 33.3 Å². The summed E-state index contributed by atoms with van der Waals surface area (Å²) in [5.74, 6) is -2.06. The minimum absolute atomic E-state index is 0.0203. The molecular formula is C28H31FN4O5S. The van der Waals surface area contributed by atoms with Gasteiger partial charge in [-0.3, -0.25) is 18.7 Å². The maximum Gasteiger partial charge on any atom is 0.251 e. The van der Waals surface area contributed by atoms with Crippen molar-refractivity contribution in [3.05, 3.63) is 101 Å². The Bertz CT molecular complexity index is 1450. The van der Waals surface area contributed by atoms with Crippen molar-refractivity contribution in [1.29, 1.82) is 0 Å². The molecule has 0 aliphatic carbocycles. The van der Waals surface area contributed by atoms with Gasteiger partial charge in [-0.25, -0.2) is 12.8 Å². The minimum Gasteiger partial charge on any atom is -0.346 e. The van der Waals surface area contributed by atoms with Gasteiger partial charge in [0.05, 0.1) is 30.6 Å². The molecule has 0 fully saturated rings. The number of benzene rings is 3. The van der Waals surface area contributed by atoms with Crippen molar-refractivity contribution in [2.45, 2.75) is 25.4 Å². The van der Waals surface area contributed by atoms with Crippen molar-refractivity contribution in [3.63, 3.8) is 0 Å². The summed E-state index contributed by atoms with van der Waals surface area (Å²) in [5, 5.41) is 5.44. The number of amides is 2. The van der Waals surface area contributed by atoms with Gasteiger partial charge in [0.2, 0.25) is 10.0 Å². The predicted octanol–water partition coefficient (Wildman–Crippen LogP) is 2.58. The molecule has 3 aromatic carbocycles. The minimum atomic E-state index is -3.73. The number of Topliss-reactive ketones (excluding diaryl/α,β-unsaturated/α-hetero) is 1. The molecule has 0 aliphatic rings. The highest BCUT2D eigenvalue weighted by Crippen LogP contribution is 2.22. The fraction of sp³-hybridized carbons (Fsp3) is 0.250. The summed E-state index contributed by atoms with van der Waals surface area (Å²) >= 11 is 0. The number of hydrogen-bond donors (Lipinski definition) is 3. The van der Waals surface area contributed by atoms with Gasteiger partial charge in [-0.15, -0.1) is 0 Å². The molecule has 4 N–H and O–H groups in total. The van der Waals surface area contributed by atoms with Gasteiger partial charge in [-0.2, -0.15) is 0 Å². The zero-order valence-electron chi connectivity index (χ0n) is 21.8. The molecule has 0 heterocycles. The topological polar surface area (TPSA) is 139 Å². The van der Waals surface area contributed by atoms with Gasteiger partial charge in [0.25, 0.3) is 11.8 Å². The third-order valence-corrected chi connectivity index (χ3v) is 7.40. The number of rotatable bonds is 11. The Morgan fingerprint density at radius 1 is 0.923 bits per heavy atom. The summed E-state index contributed by atoms with van der Waals surface area (Å²) in [7, 11) is -2.43. The van der Waals surface area contributed by atoms with Gasteiger partial charge in [0, 0.05) is 18.2 Å². The Kier molecular flexibility index (Phi) is 9.55. The standard InChI is InChI=1S/C28H31FN4O5S/c1-18(20-9-11-23(29)12-10-20)31-27(35)21-14-22(16-24(15-21)33(2)39(3,37)38)28(36)32-25(26(34)17-30)13-19-7-5-4-6-8-19/h4-12,14-16,18,25H,13,17,30H2,1-3H3,(H,31,35)(H,32,36). The summed E-state index contributed by atoms with van der Waals surface area (Å²) in [6.45, 7) is 1.42. The van der Waals surface area contributed by atoms with E-state index in [-0.39, 0.29) is 35.6 Å². The molecule has 206 valence electrons. The molecule has 0 spiro atoms. The average Bonchev–Trinajstić information content (AvgIpc) is 2.91. The van der Waals surface area contributed by atoms with Crippen molar-refractivity contribution in [2.75, 3.05) is 24.2 Å². The summed E-state index contributed by atoms with van der Waals surface area (Å²) in [4.78, 5) is 39.0. The molecule has 0 aromatic heterocycles. The second-order valence-electron chi connectivity index (χ2n) is 9.13. The van der Waals surface area contributed by atoms with Crippen LogP contribution in [0.1, 0.15) is 44.8 Å². The van der Waals surface area contributed by atoms with Crippen LogP contribution in [0.3, 0.4) is 0 Å². The van der Waals surface area contributed by atoms with E-state index < -0.39 is 39.7 Å². The van der Waals surface area contributed by atoms with Gasteiger partial charge in [-0.1, -0.05) is 42.5 Å². The molecule has 0 saturated carbocycles. The molecule has 0 aliphatic heterocycles. The predicted molar refractivity (Wildman–Crippen MR) is 147 cm³/mol. The second-order valence-corrected chi connectivity index (χ2v) is 11.1. The summed E-state index contributed by atoms with van der Waals surface area (Å²) in [6.07, 6.45) is 1.19. The molecule has 3 aromatic rings. The Balaban J connectivity index is 1.93. The highest BCUT2D eigenvalue weighted by molar-refractivity contribution is 7.92. The largest absolute Gasteiger partial charge is 0.346 e. The van der Waals surface area contributed by atoms with E-state index in [0.29, 0.717) is 5.56 Å². The van der Waals surface area contributed by atoms with Crippen LogP contribution in [-0.4, -0.2) is 51.9 Å². The summed E-state index contributed by atoms with van der Waals surface area (Å²) < 4.78 is 38.7. The highest BCUT2D eigenvalue weighted by Gasteiger charge is 2.24. The van der Waals surface area contributed by atoms with E-state index in [2.05, 4.69) is 10.6 Å². The van der Waals surface area contributed by atoms with Crippen LogP contribution in [0.25, 0.3) is 0 Å². The quantitative estimate of drug-likeness (QED) is 0.333. The average molecular weight is 555 g/mol. The van der Waals surface area contributed by atoms with Crippen LogP contribution in [0, 0.1) is 5.82 Å². The molecule has 0 bridgehead atoms. The van der Waals surface area contributed by atoms with Crippen LogP contribution in [0.4, 0.5) is 10.1 Å². The number of nitrogens with zero attached hydrogens (tertiary/aromatic N) is 1. The number of sulfonamides is 1. The molecule has 3 rings (SSSR count). The van der Waals surface area contributed by atoms with Crippen molar-refractivity contribution in [1.82, 2.24) is 10.6 Å². The summed E-state index contributed by atoms with van der Waals surface area (Å²) in [6, 6.07) is 17.2. The summed E-state index contributed by atoms with van der Waals surface area (Å²) in [5.41, 5.74) is 7.11. The Labute approximate surface area is 227 Å². The molecule has 9 nitrogen and oxygen atoms in total. The fourth-order valence-electron chi connectivity index (χ4n) is 3.84. The molecular weight excluding hydrogens is 523 g/mol. The first-order chi connectivity index (χ1) is 18.4. The molecule has 2 unspecified atom stereocenters. The lowest BCUT2D eigenvalue weighted by atomic mass is 10.0. The number of carbonyl (C=O) groups is 3. The number of nitrogens with one attached hydrogen (secondary N) is 2. The molecule has 39 heavy (non-hydrogen) atoms. The normalized spacial score (nSPS) is 12.7. The lowest BCUT2D eigenvalue weighted by molar-refractivity contribution is -0.119. The van der Waals surface area contributed by atoms with E-state index >= 15 is 0 Å². The van der Waals surface area contributed by atoms with E-state index in [1.165, 1.54) is 49.5 Å². The van der Waals surface area contributed by atoms with Crippen molar-refractivity contribution < 1.29 is 27.2 Å². The first-order valence-electron chi connectivity index (χ1n) is 12.1. The van der Waals surface area contributed by atoms with Gasteiger partial charge in [0.15, 0.2) is 5.78 Å². The van der Waals surface area contributed by atoms with Gasteiger partial charge < -0.3 is 16.4 Å². The number of halogens is 1. The van der Waals surface area contributed by atoms with Crippen LogP contribution in [-0.2, 0) is 21.2 Å². The number of carbonyl (C=O) groups excluding carboxylic acids is 3. The zero-order chi connectivity index (χ0) is 28.7. The van der Waals surface area contributed by atoms with Crippen molar-refractivity contribution in [2.24, 2.45) is 5.73 Å². The van der Waals surface area contributed by atoms with E-state index in [4.69, 9.17) is 5.73 Å². The van der Waals surface area contributed by atoms with Crippen LogP contribution in [0.15, 0.2) is 72.8 Å². The van der Waals surface area contributed by atoms with Crippen LogP contribution in [0.2, 0.25) is 0 Å². The smallest absolute Gasteiger partial charge is 0.251 e. The molecule has 0 saturated heterocycles. The monoisotopic (exact) mass is 554 g/mol. The number of anilines is 1. The van der Waals surface area contributed by atoms with E-state index in [0.717, 1.165) is 16.1 Å². The zero-order valence-corrected chi connectivity index (χ0v) is 22.7. The molecule has 11 heteroatoms. The maximum atomic E-state index is 13.3. The second kappa shape index (κ2) is 12.6. The van der Waals surface area contributed by atoms with Crippen LogP contribution >= 0.6 is 0 Å². The van der Waals surface area contributed by atoms with E-state index in [9.17, 15) is 27.2 Å². The van der Waals surface area contributed by atoms with Gasteiger partial charge in [-0.05, 0) is 54.8 Å². The first-order valence-corrected chi connectivity index (χ1v) is 14.0.